The zero-order valence-corrected chi connectivity index (χ0v) is 12.8. The molecule has 1 unspecified atom stereocenters. The van der Waals surface area contributed by atoms with Crippen LogP contribution in [-0.2, 0) is 13.0 Å². The zero-order chi connectivity index (χ0) is 15.1. The maximum atomic E-state index is 10.8. The van der Waals surface area contributed by atoms with Gasteiger partial charge in [0.15, 0.2) is 5.13 Å². The zero-order valence-electron chi connectivity index (χ0n) is 12.0. The largest absolute Gasteiger partial charge is 0.347 e. The van der Waals surface area contributed by atoms with E-state index >= 15 is 0 Å². The Morgan fingerprint density at radius 2 is 2.23 bits per heavy atom. The lowest BCUT2D eigenvalue weighted by atomic mass is 9.97. The van der Waals surface area contributed by atoms with Crippen LogP contribution in [0.5, 0.6) is 0 Å². The van der Waals surface area contributed by atoms with Crippen LogP contribution in [0.3, 0.4) is 0 Å². The fraction of sp³-hybridized carbons (Fsp3) is 0.615. The lowest BCUT2D eigenvalue weighted by Crippen LogP contribution is -2.35. The van der Waals surface area contributed by atoms with E-state index in [9.17, 15) is 10.1 Å². The van der Waals surface area contributed by atoms with Crippen molar-refractivity contribution in [2.75, 3.05) is 18.0 Å². The summed E-state index contributed by atoms with van der Waals surface area (Å²) < 4.78 is 2.25. The minimum Gasteiger partial charge on any atom is -0.347 e. The van der Waals surface area contributed by atoms with Crippen molar-refractivity contribution >= 4 is 21.5 Å². The summed E-state index contributed by atoms with van der Waals surface area (Å²) in [7, 11) is 0. The molecule has 0 amide bonds. The first-order valence-electron chi connectivity index (χ1n) is 7.49. The number of anilines is 1. The SMILES string of the molecule is O=[N+]([O-])c1cnc(N2CCCC(c3nnc4n3CCC4)C2)s1. The average Bonchev–Trinajstić information content (AvgIpc) is 3.23. The molecular formula is C13H16N6O2S. The van der Waals surface area contributed by atoms with Crippen LogP contribution in [-0.4, -0.2) is 37.8 Å². The Morgan fingerprint density at radius 3 is 3.05 bits per heavy atom. The first kappa shape index (κ1) is 13.6. The first-order chi connectivity index (χ1) is 10.7. The van der Waals surface area contributed by atoms with Gasteiger partial charge in [-0.3, -0.25) is 10.1 Å². The van der Waals surface area contributed by atoms with Crippen LogP contribution in [0.15, 0.2) is 6.20 Å². The van der Waals surface area contributed by atoms with E-state index in [1.165, 1.54) is 6.20 Å². The van der Waals surface area contributed by atoms with E-state index in [0.29, 0.717) is 5.92 Å². The molecule has 0 radical (unpaired) electrons. The summed E-state index contributed by atoms with van der Waals surface area (Å²) in [4.78, 5) is 16.8. The van der Waals surface area contributed by atoms with Crippen LogP contribution < -0.4 is 4.90 Å². The van der Waals surface area contributed by atoms with Crippen LogP contribution in [0.4, 0.5) is 10.1 Å². The van der Waals surface area contributed by atoms with Gasteiger partial charge in [0.05, 0.1) is 4.92 Å². The molecule has 8 nitrogen and oxygen atoms in total. The van der Waals surface area contributed by atoms with Crippen molar-refractivity contribution in [2.45, 2.75) is 38.1 Å². The molecule has 4 heterocycles. The number of hydrogen-bond acceptors (Lipinski definition) is 7. The molecule has 116 valence electrons. The number of nitrogens with zero attached hydrogens (tertiary/aromatic N) is 6. The second-order valence-corrected chi connectivity index (χ2v) is 6.74. The Bertz CT molecular complexity index is 711. The second-order valence-electron chi connectivity index (χ2n) is 5.75. The highest BCUT2D eigenvalue weighted by atomic mass is 32.1. The Kier molecular flexibility index (Phi) is 3.29. The van der Waals surface area contributed by atoms with Crippen molar-refractivity contribution in [1.82, 2.24) is 19.7 Å². The van der Waals surface area contributed by atoms with Gasteiger partial charge in [0.1, 0.15) is 17.8 Å². The van der Waals surface area contributed by atoms with Crippen LogP contribution in [0, 0.1) is 10.1 Å². The van der Waals surface area contributed by atoms with Crippen LogP contribution >= 0.6 is 11.3 Å². The predicted octanol–water partition coefficient (Wildman–Crippen LogP) is 1.97. The van der Waals surface area contributed by atoms with Gasteiger partial charge >= 0.3 is 5.00 Å². The maximum absolute atomic E-state index is 10.8. The van der Waals surface area contributed by atoms with Crippen LogP contribution in [0.1, 0.15) is 36.8 Å². The molecule has 0 bridgehead atoms. The summed E-state index contributed by atoms with van der Waals surface area (Å²) in [6.07, 6.45) is 5.63. The standard InChI is InChI=1S/C13H16N6O2S/c20-19(21)11-7-14-13(22-11)17-5-1-3-9(8-17)12-16-15-10-4-2-6-18(10)12/h7,9H,1-6,8H2. The molecule has 1 fully saturated rings. The van der Waals surface area contributed by atoms with E-state index in [0.717, 1.165) is 73.4 Å². The number of rotatable bonds is 3. The van der Waals surface area contributed by atoms with Gasteiger partial charge in [-0.15, -0.1) is 10.2 Å². The topological polar surface area (TPSA) is 90.0 Å². The number of aryl methyl sites for hydroxylation is 1. The third-order valence-electron chi connectivity index (χ3n) is 4.36. The molecule has 0 N–H and O–H groups in total. The molecule has 4 rings (SSSR count). The minimum atomic E-state index is -0.381. The van der Waals surface area contributed by atoms with Crippen molar-refractivity contribution < 1.29 is 4.92 Å². The summed E-state index contributed by atoms with van der Waals surface area (Å²) in [5.74, 6) is 2.50. The molecule has 0 spiro atoms. The summed E-state index contributed by atoms with van der Waals surface area (Å²) in [6, 6.07) is 0. The van der Waals surface area contributed by atoms with Gasteiger partial charge in [0.25, 0.3) is 0 Å². The monoisotopic (exact) mass is 320 g/mol. The maximum Gasteiger partial charge on any atom is 0.345 e. The van der Waals surface area contributed by atoms with Crippen molar-refractivity contribution in [3.63, 3.8) is 0 Å². The quantitative estimate of drug-likeness (QED) is 0.634. The molecule has 9 heteroatoms. The predicted molar refractivity (Wildman–Crippen MR) is 81.3 cm³/mol. The van der Waals surface area contributed by atoms with E-state index in [-0.39, 0.29) is 9.92 Å². The Labute approximate surface area is 130 Å². The smallest absolute Gasteiger partial charge is 0.345 e. The Morgan fingerprint density at radius 1 is 1.32 bits per heavy atom. The third kappa shape index (κ3) is 2.25. The van der Waals surface area contributed by atoms with Crippen molar-refractivity contribution in [3.05, 3.63) is 28.0 Å². The first-order valence-corrected chi connectivity index (χ1v) is 8.31. The molecule has 2 aliphatic rings. The number of thiazole rings is 1. The van der Waals surface area contributed by atoms with Crippen LogP contribution in [0.25, 0.3) is 0 Å². The van der Waals surface area contributed by atoms with Gasteiger partial charge < -0.3 is 9.47 Å². The number of aromatic nitrogens is 4. The van der Waals surface area contributed by atoms with E-state index in [1.54, 1.807) is 0 Å². The van der Waals surface area contributed by atoms with E-state index in [1.807, 2.05) is 0 Å². The highest BCUT2D eigenvalue weighted by Gasteiger charge is 2.30. The molecule has 0 saturated carbocycles. The minimum absolute atomic E-state index is 0.0977. The fourth-order valence-electron chi connectivity index (χ4n) is 3.32. The summed E-state index contributed by atoms with van der Waals surface area (Å²) in [6.45, 7) is 2.71. The van der Waals surface area contributed by atoms with Crippen molar-refractivity contribution in [3.8, 4) is 0 Å². The highest BCUT2D eigenvalue weighted by molar-refractivity contribution is 7.18. The van der Waals surface area contributed by atoms with Gasteiger partial charge in [-0.25, -0.2) is 4.98 Å². The molecule has 2 aromatic rings. The van der Waals surface area contributed by atoms with Gasteiger partial charge in [-0.2, -0.15) is 0 Å². The molecule has 2 aromatic heterocycles. The van der Waals surface area contributed by atoms with Gasteiger partial charge in [-0.1, -0.05) is 0 Å². The Balaban J connectivity index is 1.55. The number of fused-ring (bicyclic) bond motifs is 1. The molecule has 1 saturated heterocycles. The summed E-state index contributed by atoms with van der Waals surface area (Å²) in [5, 5.41) is 20.3. The number of piperidine rings is 1. The summed E-state index contributed by atoms with van der Waals surface area (Å²) >= 11 is 1.15. The van der Waals surface area contributed by atoms with Gasteiger partial charge in [-0.05, 0) is 30.6 Å². The molecule has 22 heavy (non-hydrogen) atoms. The lowest BCUT2D eigenvalue weighted by Gasteiger charge is -2.31. The highest BCUT2D eigenvalue weighted by Crippen LogP contribution is 2.34. The van der Waals surface area contributed by atoms with E-state index in [2.05, 4.69) is 24.6 Å². The third-order valence-corrected chi connectivity index (χ3v) is 5.37. The molecule has 2 aliphatic heterocycles. The number of hydrogen-bond donors (Lipinski definition) is 0. The average molecular weight is 320 g/mol. The van der Waals surface area contributed by atoms with E-state index < -0.39 is 0 Å². The molecule has 0 aromatic carbocycles. The molecular weight excluding hydrogens is 304 g/mol. The molecule has 1 atom stereocenters. The van der Waals surface area contributed by atoms with Crippen LogP contribution in [0.2, 0.25) is 0 Å². The molecule has 0 aliphatic carbocycles. The number of nitro groups is 1. The van der Waals surface area contributed by atoms with Gasteiger partial charge in [0.2, 0.25) is 0 Å². The summed E-state index contributed by atoms with van der Waals surface area (Å²) in [5.41, 5.74) is 0. The van der Waals surface area contributed by atoms with E-state index in [4.69, 9.17) is 0 Å². The lowest BCUT2D eigenvalue weighted by molar-refractivity contribution is -0.380. The Hall–Kier alpha value is -2.03. The van der Waals surface area contributed by atoms with Crippen molar-refractivity contribution in [2.24, 2.45) is 0 Å². The van der Waals surface area contributed by atoms with Gasteiger partial charge in [0, 0.05) is 32.0 Å². The normalized spacial score (nSPS) is 21.1. The fourth-order valence-corrected chi connectivity index (χ4v) is 4.09. The van der Waals surface area contributed by atoms with Crippen molar-refractivity contribution in [1.29, 1.82) is 0 Å². The second kappa shape index (κ2) is 5.31.